The first-order valence-corrected chi connectivity index (χ1v) is 10.9. The Bertz CT molecular complexity index is 1010. The molecule has 1 aliphatic heterocycles. The summed E-state index contributed by atoms with van der Waals surface area (Å²) in [4.78, 5) is 14.8. The molecular weight excluding hydrogens is 401 g/mol. The van der Waals surface area contributed by atoms with Crippen molar-refractivity contribution in [1.29, 1.82) is 0 Å². The van der Waals surface area contributed by atoms with Crippen LogP contribution >= 0.6 is 11.8 Å². The third-order valence-electron chi connectivity index (χ3n) is 5.17. The predicted octanol–water partition coefficient (Wildman–Crippen LogP) is 3.10. The number of benzene rings is 2. The standard InChI is InChI=1S/C22H24FN5OS/c1-27-21(18-9-5-6-10-19(18)23)25-26-22(27)30-15-20(29)24-17-11-12-28(14-17)13-16-7-3-2-4-8-16/h2-10,17H,11-15H2,1H3,(H,24,29). The van der Waals surface area contributed by atoms with Gasteiger partial charge in [-0.2, -0.15) is 0 Å². The maximum absolute atomic E-state index is 14.0. The van der Waals surface area contributed by atoms with Crippen LogP contribution in [0.15, 0.2) is 59.8 Å². The Labute approximate surface area is 179 Å². The molecule has 1 aliphatic rings. The molecule has 156 valence electrons. The molecule has 0 bridgehead atoms. The molecule has 30 heavy (non-hydrogen) atoms. The summed E-state index contributed by atoms with van der Waals surface area (Å²) in [6.07, 6.45) is 0.949. The van der Waals surface area contributed by atoms with Gasteiger partial charge in [-0.25, -0.2) is 4.39 Å². The number of halogens is 1. The maximum atomic E-state index is 14.0. The molecule has 1 N–H and O–H groups in total. The molecule has 8 heteroatoms. The number of hydrogen-bond acceptors (Lipinski definition) is 5. The molecule has 1 atom stereocenters. The predicted molar refractivity (Wildman–Crippen MR) is 115 cm³/mol. The molecule has 4 rings (SSSR count). The van der Waals surface area contributed by atoms with Crippen LogP contribution in [0.5, 0.6) is 0 Å². The number of nitrogens with one attached hydrogen (secondary N) is 1. The topological polar surface area (TPSA) is 63.1 Å². The number of carbonyl (C=O) groups is 1. The molecule has 1 aromatic heterocycles. The lowest BCUT2D eigenvalue weighted by atomic mass is 10.2. The van der Waals surface area contributed by atoms with Gasteiger partial charge < -0.3 is 9.88 Å². The second-order valence-electron chi connectivity index (χ2n) is 7.41. The van der Waals surface area contributed by atoms with Gasteiger partial charge in [-0.15, -0.1) is 10.2 Å². The van der Waals surface area contributed by atoms with E-state index in [0.29, 0.717) is 16.5 Å². The van der Waals surface area contributed by atoms with Gasteiger partial charge in [-0.3, -0.25) is 9.69 Å². The molecule has 3 aromatic rings. The van der Waals surface area contributed by atoms with Crippen molar-refractivity contribution in [2.24, 2.45) is 7.05 Å². The Balaban J connectivity index is 1.27. The highest BCUT2D eigenvalue weighted by molar-refractivity contribution is 7.99. The van der Waals surface area contributed by atoms with Gasteiger partial charge in [0.1, 0.15) is 5.82 Å². The SMILES string of the molecule is Cn1c(SCC(=O)NC2CCN(Cc3ccccc3)C2)nnc1-c1ccccc1F. The summed E-state index contributed by atoms with van der Waals surface area (Å²) in [6, 6.07) is 17.0. The second-order valence-corrected chi connectivity index (χ2v) is 8.35. The molecule has 6 nitrogen and oxygen atoms in total. The van der Waals surface area contributed by atoms with Crippen LogP contribution in [0, 0.1) is 5.82 Å². The van der Waals surface area contributed by atoms with E-state index in [-0.39, 0.29) is 23.5 Å². The fraction of sp³-hybridized carbons (Fsp3) is 0.318. The summed E-state index contributed by atoms with van der Waals surface area (Å²) in [6.45, 7) is 2.73. The smallest absolute Gasteiger partial charge is 0.230 e. The molecule has 1 saturated heterocycles. The number of nitrogens with zero attached hydrogens (tertiary/aromatic N) is 4. The molecule has 1 fully saturated rings. The maximum Gasteiger partial charge on any atom is 0.230 e. The molecule has 0 radical (unpaired) electrons. The number of carbonyl (C=O) groups excluding carboxylic acids is 1. The Hall–Kier alpha value is -2.71. The van der Waals surface area contributed by atoms with E-state index >= 15 is 0 Å². The zero-order chi connectivity index (χ0) is 20.9. The van der Waals surface area contributed by atoms with Gasteiger partial charge in [0.15, 0.2) is 11.0 Å². The zero-order valence-corrected chi connectivity index (χ0v) is 17.6. The summed E-state index contributed by atoms with van der Waals surface area (Å²) in [5, 5.41) is 11.9. The molecule has 2 heterocycles. The van der Waals surface area contributed by atoms with Crippen molar-refractivity contribution in [3.63, 3.8) is 0 Å². The summed E-state index contributed by atoms with van der Waals surface area (Å²) in [7, 11) is 1.78. The Morgan fingerprint density at radius 3 is 2.73 bits per heavy atom. The summed E-state index contributed by atoms with van der Waals surface area (Å²) in [5.41, 5.74) is 1.68. The lowest BCUT2D eigenvalue weighted by Gasteiger charge is -2.16. The van der Waals surface area contributed by atoms with Crippen LogP contribution < -0.4 is 5.32 Å². The van der Waals surface area contributed by atoms with Crippen molar-refractivity contribution in [1.82, 2.24) is 25.0 Å². The zero-order valence-electron chi connectivity index (χ0n) is 16.8. The largest absolute Gasteiger partial charge is 0.351 e. The van der Waals surface area contributed by atoms with Crippen molar-refractivity contribution >= 4 is 17.7 Å². The van der Waals surface area contributed by atoms with E-state index in [0.717, 1.165) is 26.1 Å². The van der Waals surface area contributed by atoms with Crippen LogP contribution in [0.4, 0.5) is 4.39 Å². The van der Waals surface area contributed by atoms with Gasteiger partial charge in [-0.1, -0.05) is 54.2 Å². The minimum atomic E-state index is -0.344. The lowest BCUT2D eigenvalue weighted by Crippen LogP contribution is -2.38. The van der Waals surface area contributed by atoms with Crippen LogP contribution in [-0.4, -0.2) is 50.5 Å². The quantitative estimate of drug-likeness (QED) is 0.590. The van der Waals surface area contributed by atoms with Gasteiger partial charge in [0, 0.05) is 32.7 Å². The second kappa shape index (κ2) is 9.40. The van der Waals surface area contributed by atoms with E-state index in [2.05, 4.69) is 32.5 Å². The van der Waals surface area contributed by atoms with Gasteiger partial charge in [0.05, 0.1) is 11.3 Å². The van der Waals surface area contributed by atoms with Crippen molar-refractivity contribution in [3.05, 3.63) is 66.0 Å². The summed E-state index contributed by atoms with van der Waals surface area (Å²) in [5.74, 6) is 0.326. The Morgan fingerprint density at radius 1 is 1.17 bits per heavy atom. The number of likely N-dealkylation sites (tertiary alicyclic amines) is 1. The van der Waals surface area contributed by atoms with E-state index in [1.54, 1.807) is 29.8 Å². The number of thioether (sulfide) groups is 1. The van der Waals surface area contributed by atoms with Crippen LogP contribution in [0.2, 0.25) is 0 Å². The first kappa shape index (κ1) is 20.6. The van der Waals surface area contributed by atoms with Crippen LogP contribution in [0.25, 0.3) is 11.4 Å². The third-order valence-corrected chi connectivity index (χ3v) is 6.19. The third kappa shape index (κ3) is 4.88. The van der Waals surface area contributed by atoms with Crippen LogP contribution in [0.3, 0.4) is 0 Å². The number of amides is 1. The van der Waals surface area contributed by atoms with Crippen LogP contribution in [-0.2, 0) is 18.4 Å². The normalized spacial score (nSPS) is 16.7. The molecule has 0 aliphatic carbocycles. The highest BCUT2D eigenvalue weighted by Crippen LogP contribution is 2.24. The van der Waals surface area contributed by atoms with Crippen molar-refractivity contribution in [3.8, 4) is 11.4 Å². The van der Waals surface area contributed by atoms with Crippen molar-refractivity contribution in [2.45, 2.75) is 24.2 Å². The van der Waals surface area contributed by atoms with Crippen LogP contribution in [0.1, 0.15) is 12.0 Å². The number of aromatic nitrogens is 3. The molecule has 2 aromatic carbocycles. The first-order chi connectivity index (χ1) is 14.6. The number of hydrogen-bond donors (Lipinski definition) is 1. The Kier molecular flexibility index (Phi) is 6.44. The molecular formula is C22H24FN5OS. The minimum Gasteiger partial charge on any atom is -0.351 e. The van der Waals surface area contributed by atoms with E-state index in [1.807, 2.05) is 18.2 Å². The van der Waals surface area contributed by atoms with Gasteiger partial charge >= 0.3 is 0 Å². The monoisotopic (exact) mass is 425 g/mol. The Morgan fingerprint density at radius 2 is 1.93 bits per heavy atom. The first-order valence-electron chi connectivity index (χ1n) is 9.93. The summed E-state index contributed by atoms with van der Waals surface area (Å²) >= 11 is 1.30. The van der Waals surface area contributed by atoms with E-state index in [9.17, 15) is 9.18 Å². The highest BCUT2D eigenvalue weighted by atomic mass is 32.2. The van der Waals surface area contributed by atoms with E-state index < -0.39 is 0 Å². The highest BCUT2D eigenvalue weighted by Gasteiger charge is 2.24. The average Bonchev–Trinajstić information content (AvgIpc) is 3.34. The fourth-order valence-corrected chi connectivity index (χ4v) is 4.38. The van der Waals surface area contributed by atoms with Gasteiger partial charge in [0.2, 0.25) is 5.91 Å². The fourth-order valence-electron chi connectivity index (χ4n) is 3.65. The lowest BCUT2D eigenvalue weighted by molar-refractivity contribution is -0.119. The minimum absolute atomic E-state index is 0.0259. The molecule has 1 unspecified atom stereocenters. The van der Waals surface area contributed by atoms with E-state index in [1.165, 1.54) is 23.4 Å². The van der Waals surface area contributed by atoms with Gasteiger partial charge in [-0.05, 0) is 24.1 Å². The molecule has 0 spiro atoms. The van der Waals surface area contributed by atoms with Gasteiger partial charge in [0.25, 0.3) is 0 Å². The summed E-state index contributed by atoms with van der Waals surface area (Å²) < 4.78 is 15.7. The molecule has 0 saturated carbocycles. The van der Waals surface area contributed by atoms with E-state index in [4.69, 9.17) is 0 Å². The van der Waals surface area contributed by atoms with Crippen molar-refractivity contribution < 1.29 is 9.18 Å². The molecule has 1 amide bonds. The average molecular weight is 426 g/mol. The number of rotatable bonds is 7. The van der Waals surface area contributed by atoms with Crippen molar-refractivity contribution in [2.75, 3.05) is 18.8 Å².